The van der Waals surface area contributed by atoms with Gasteiger partial charge in [0.05, 0.1) is 30.2 Å². The molecule has 3 heterocycles. The van der Waals surface area contributed by atoms with E-state index in [1.165, 1.54) is 5.52 Å². The van der Waals surface area contributed by atoms with E-state index in [0.717, 1.165) is 37.3 Å². The van der Waals surface area contributed by atoms with Crippen molar-refractivity contribution in [1.82, 2.24) is 24.6 Å². The smallest absolute Gasteiger partial charge is 0.240 e. The van der Waals surface area contributed by atoms with Crippen LogP contribution in [0.5, 0.6) is 0 Å². The summed E-state index contributed by atoms with van der Waals surface area (Å²) in [5.74, 6) is 2.32. The highest BCUT2D eigenvalue weighted by atomic mass is 16.5. The van der Waals surface area contributed by atoms with Crippen molar-refractivity contribution < 1.29 is 4.52 Å². The van der Waals surface area contributed by atoms with Crippen molar-refractivity contribution in [2.45, 2.75) is 45.4 Å². The number of benzene rings is 1. The predicted molar refractivity (Wildman–Crippen MR) is 90.0 cm³/mol. The molecule has 24 heavy (non-hydrogen) atoms. The largest absolute Gasteiger partial charge is 0.338 e. The number of aromatic nitrogens is 4. The van der Waals surface area contributed by atoms with E-state index in [1.54, 1.807) is 0 Å². The van der Waals surface area contributed by atoms with Gasteiger partial charge in [0, 0.05) is 6.54 Å². The molecule has 0 aliphatic carbocycles. The molecular weight excluding hydrogens is 304 g/mol. The van der Waals surface area contributed by atoms with Gasteiger partial charge in [0.15, 0.2) is 5.82 Å². The molecule has 1 aromatic carbocycles. The Morgan fingerprint density at radius 1 is 1.29 bits per heavy atom. The molecule has 3 aromatic rings. The minimum Gasteiger partial charge on any atom is -0.338 e. The fraction of sp³-hybridized carbons (Fsp3) is 0.471. The number of fused-ring (bicyclic) bond motifs is 1. The van der Waals surface area contributed by atoms with Gasteiger partial charge < -0.3 is 14.8 Å². The van der Waals surface area contributed by atoms with Gasteiger partial charge in [0.25, 0.3) is 0 Å². The molecule has 0 amide bonds. The Morgan fingerprint density at radius 3 is 2.96 bits per heavy atom. The van der Waals surface area contributed by atoms with Gasteiger partial charge in [-0.15, -0.1) is 0 Å². The Hall–Kier alpha value is -2.25. The van der Waals surface area contributed by atoms with Crippen LogP contribution < -0.4 is 5.73 Å². The summed E-state index contributed by atoms with van der Waals surface area (Å²) < 4.78 is 7.44. The SMILES string of the molecule is CCn1c(C2CCCN2Cc2noc(CN)n2)nc2ccccc21. The number of hydrogen-bond acceptors (Lipinski definition) is 6. The quantitative estimate of drug-likeness (QED) is 0.774. The van der Waals surface area contributed by atoms with Gasteiger partial charge >= 0.3 is 0 Å². The second-order valence-electron chi connectivity index (χ2n) is 6.14. The lowest BCUT2D eigenvalue weighted by Crippen LogP contribution is -2.25. The fourth-order valence-electron chi connectivity index (χ4n) is 3.61. The first-order valence-electron chi connectivity index (χ1n) is 8.51. The standard InChI is InChI=1S/C17H22N6O/c1-2-23-13-7-4-3-6-12(13)19-17(23)14-8-5-9-22(14)11-15-20-16(10-18)24-21-15/h3-4,6-7,14H,2,5,8-11,18H2,1H3. The molecule has 1 saturated heterocycles. The van der Waals surface area contributed by atoms with Crippen LogP contribution >= 0.6 is 0 Å². The summed E-state index contributed by atoms with van der Waals surface area (Å²) in [4.78, 5) is 11.6. The highest BCUT2D eigenvalue weighted by molar-refractivity contribution is 5.76. The molecule has 0 spiro atoms. The Kier molecular flexibility index (Phi) is 4.03. The Bertz CT molecular complexity index is 839. The number of nitrogens with two attached hydrogens (primary N) is 1. The molecule has 1 aliphatic heterocycles. The summed E-state index contributed by atoms with van der Waals surface area (Å²) >= 11 is 0. The summed E-state index contributed by atoms with van der Waals surface area (Å²) in [6.07, 6.45) is 2.25. The van der Waals surface area contributed by atoms with Crippen LogP contribution in [0.15, 0.2) is 28.8 Å². The molecule has 2 aromatic heterocycles. The molecule has 7 nitrogen and oxygen atoms in total. The zero-order chi connectivity index (χ0) is 16.5. The van der Waals surface area contributed by atoms with Crippen LogP contribution in [0.2, 0.25) is 0 Å². The zero-order valence-electron chi connectivity index (χ0n) is 13.9. The van der Waals surface area contributed by atoms with E-state index < -0.39 is 0 Å². The first-order valence-corrected chi connectivity index (χ1v) is 8.51. The van der Waals surface area contributed by atoms with Gasteiger partial charge in [-0.05, 0) is 38.4 Å². The molecule has 1 fully saturated rings. The van der Waals surface area contributed by atoms with Gasteiger partial charge in [-0.1, -0.05) is 17.3 Å². The summed E-state index contributed by atoms with van der Waals surface area (Å²) in [6, 6.07) is 8.62. The third-order valence-electron chi connectivity index (χ3n) is 4.69. The number of imidazole rings is 1. The number of para-hydroxylation sites is 2. The lowest BCUT2D eigenvalue weighted by Gasteiger charge is -2.23. The topological polar surface area (TPSA) is 86.0 Å². The van der Waals surface area contributed by atoms with Gasteiger partial charge in [-0.2, -0.15) is 4.98 Å². The van der Waals surface area contributed by atoms with Crippen molar-refractivity contribution in [1.29, 1.82) is 0 Å². The number of hydrogen-bond donors (Lipinski definition) is 1. The van der Waals surface area contributed by atoms with Crippen LogP contribution in [0.1, 0.15) is 43.3 Å². The van der Waals surface area contributed by atoms with E-state index in [2.05, 4.69) is 44.7 Å². The normalized spacial score (nSPS) is 18.7. The van der Waals surface area contributed by atoms with Crippen LogP contribution in [0.4, 0.5) is 0 Å². The van der Waals surface area contributed by atoms with Gasteiger partial charge in [-0.25, -0.2) is 4.98 Å². The van der Waals surface area contributed by atoms with E-state index in [-0.39, 0.29) is 12.6 Å². The van der Waals surface area contributed by atoms with Crippen molar-refractivity contribution in [3.8, 4) is 0 Å². The van der Waals surface area contributed by atoms with Crippen LogP contribution in [-0.2, 0) is 19.6 Å². The van der Waals surface area contributed by atoms with Crippen molar-refractivity contribution >= 4 is 11.0 Å². The zero-order valence-corrected chi connectivity index (χ0v) is 13.9. The predicted octanol–water partition coefficient (Wildman–Crippen LogP) is 2.23. The highest BCUT2D eigenvalue weighted by Crippen LogP contribution is 2.34. The maximum Gasteiger partial charge on any atom is 0.240 e. The molecule has 1 atom stereocenters. The van der Waals surface area contributed by atoms with E-state index in [4.69, 9.17) is 15.2 Å². The molecule has 1 aliphatic rings. The Labute approximate surface area is 140 Å². The van der Waals surface area contributed by atoms with Gasteiger partial charge in [0.2, 0.25) is 5.89 Å². The monoisotopic (exact) mass is 326 g/mol. The average molecular weight is 326 g/mol. The van der Waals surface area contributed by atoms with Crippen LogP contribution in [-0.4, -0.2) is 31.1 Å². The second-order valence-corrected chi connectivity index (χ2v) is 6.14. The highest BCUT2D eigenvalue weighted by Gasteiger charge is 2.31. The second kappa shape index (κ2) is 6.33. The number of likely N-dealkylation sites (tertiary alicyclic amines) is 1. The molecule has 126 valence electrons. The van der Waals surface area contributed by atoms with Crippen LogP contribution in [0.25, 0.3) is 11.0 Å². The van der Waals surface area contributed by atoms with E-state index in [1.807, 2.05) is 6.07 Å². The van der Waals surface area contributed by atoms with Crippen molar-refractivity contribution in [3.05, 3.63) is 41.8 Å². The lowest BCUT2D eigenvalue weighted by atomic mass is 10.2. The fourth-order valence-corrected chi connectivity index (χ4v) is 3.61. The summed E-state index contributed by atoms with van der Waals surface area (Å²) in [6.45, 7) is 5.05. The maximum absolute atomic E-state index is 5.55. The Balaban J connectivity index is 1.65. The molecule has 4 rings (SSSR count). The average Bonchev–Trinajstić information content (AvgIpc) is 3.32. The van der Waals surface area contributed by atoms with E-state index in [0.29, 0.717) is 18.3 Å². The molecule has 2 N–H and O–H groups in total. The van der Waals surface area contributed by atoms with E-state index in [9.17, 15) is 0 Å². The molecular formula is C17H22N6O. The third-order valence-corrected chi connectivity index (χ3v) is 4.69. The molecule has 0 bridgehead atoms. The minimum absolute atomic E-state index is 0.280. The van der Waals surface area contributed by atoms with Crippen molar-refractivity contribution in [3.63, 3.8) is 0 Å². The van der Waals surface area contributed by atoms with Crippen molar-refractivity contribution in [2.75, 3.05) is 6.54 Å². The first kappa shape index (κ1) is 15.3. The van der Waals surface area contributed by atoms with Gasteiger partial charge in [-0.3, -0.25) is 4.90 Å². The molecule has 0 radical (unpaired) electrons. The summed E-state index contributed by atoms with van der Waals surface area (Å²) in [5.41, 5.74) is 7.81. The van der Waals surface area contributed by atoms with Crippen LogP contribution in [0.3, 0.4) is 0 Å². The van der Waals surface area contributed by atoms with Gasteiger partial charge in [0.1, 0.15) is 5.82 Å². The minimum atomic E-state index is 0.280. The number of rotatable bonds is 5. The van der Waals surface area contributed by atoms with E-state index >= 15 is 0 Å². The summed E-state index contributed by atoms with van der Waals surface area (Å²) in [5, 5.41) is 4.03. The lowest BCUT2D eigenvalue weighted by molar-refractivity contribution is 0.226. The third kappa shape index (κ3) is 2.59. The molecule has 7 heteroatoms. The Morgan fingerprint density at radius 2 is 2.17 bits per heavy atom. The molecule has 1 unspecified atom stereocenters. The maximum atomic E-state index is 5.55. The van der Waals surface area contributed by atoms with Crippen molar-refractivity contribution in [2.24, 2.45) is 5.73 Å². The number of aryl methyl sites for hydroxylation is 1. The van der Waals surface area contributed by atoms with Crippen LogP contribution in [0, 0.1) is 0 Å². The summed E-state index contributed by atoms with van der Waals surface area (Å²) in [7, 11) is 0. The first-order chi connectivity index (χ1) is 11.8. The molecule has 0 saturated carbocycles. The number of nitrogens with zero attached hydrogens (tertiary/aromatic N) is 5.